The Morgan fingerprint density at radius 2 is 1.78 bits per heavy atom. The third-order valence-electron chi connectivity index (χ3n) is 6.34. The number of benzene rings is 1. The van der Waals surface area contributed by atoms with Crippen molar-refractivity contribution in [3.05, 3.63) is 48.0 Å². The monoisotopic (exact) mass is 452 g/mol. The molecule has 3 atom stereocenters. The molecule has 0 bridgehead atoms. The first kappa shape index (κ1) is 23.8. The Balaban J connectivity index is 1.68. The zero-order valence-corrected chi connectivity index (χ0v) is 17.6. The number of rotatable bonds is 7. The van der Waals surface area contributed by atoms with Crippen LogP contribution in [0.15, 0.2) is 42.5 Å². The van der Waals surface area contributed by atoms with E-state index in [0.29, 0.717) is 49.0 Å². The van der Waals surface area contributed by atoms with Crippen LogP contribution in [0, 0.1) is 11.8 Å². The molecule has 1 heterocycles. The first-order valence-electron chi connectivity index (χ1n) is 10.8. The number of aryl methyl sites for hydroxylation is 1. The van der Waals surface area contributed by atoms with Gasteiger partial charge in [-0.15, -0.1) is 0 Å². The molecule has 1 saturated carbocycles. The summed E-state index contributed by atoms with van der Waals surface area (Å²) >= 11 is 0. The van der Waals surface area contributed by atoms with E-state index in [1.54, 1.807) is 0 Å². The summed E-state index contributed by atoms with van der Waals surface area (Å²) in [5.41, 5.74) is 1.32. The highest BCUT2D eigenvalue weighted by atomic mass is 19.4. The van der Waals surface area contributed by atoms with Gasteiger partial charge in [-0.1, -0.05) is 61.7 Å². The molecule has 6 nitrogen and oxygen atoms in total. The SMILES string of the molecule is C=C(CCc1ccccc1)[C@H]1C(=O)N(C(=O)N[C@@H](C2CCCCC2)C(F)(F)F)[C@@H]1C(=O)O. The molecule has 2 aliphatic rings. The molecule has 2 N–H and O–H groups in total. The molecule has 0 unspecified atom stereocenters. The molecule has 2 fully saturated rings. The lowest BCUT2D eigenvalue weighted by molar-refractivity contribution is -0.172. The van der Waals surface area contributed by atoms with Crippen LogP contribution in [0.5, 0.6) is 0 Å². The standard InChI is InChI=1S/C23H27F3N2O4/c1-14(12-13-15-8-4-2-5-9-15)17-18(21(30)31)28(20(17)29)22(32)27-19(23(24,25)26)16-10-6-3-7-11-16/h2,4-5,8-9,16-19H,1,3,6-7,10-13H2,(H,27,32)(H,30,31)/t17-,18+,19+/m1/s1. The van der Waals surface area contributed by atoms with Crippen LogP contribution in [0.2, 0.25) is 0 Å². The molecule has 1 aliphatic carbocycles. The fourth-order valence-electron chi connectivity index (χ4n) is 4.61. The molecule has 1 aromatic carbocycles. The summed E-state index contributed by atoms with van der Waals surface area (Å²) in [5.74, 6) is -4.21. The highest BCUT2D eigenvalue weighted by Gasteiger charge is 2.57. The van der Waals surface area contributed by atoms with Gasteiger partial charge in [0, 0.05) is 0 Å². The van der Waals surface area contributed by atoms with Crippen molar-refractivity contribution in [1.82, 2.24) is 10.2 Å². The fraction of sp³-hybridized carbons (Fsp3) is 0.522. The number of hydrogen-bond donors (Lipinski definition) is 2. The predicted molar refractivity (Wildman–Crippen MR) is 111 cm³/mol. The molecule has 0 radical (unpaired) electrons. The number of halogens is 3. The number of carbonyl (C=O) groups is 3. The zero-order valence-electron chi connectivity index (χ0n) is 17.6. The quantitative estimate of drug-likeness (QED) is 0.477. The minimum Gasteiger partial charge on any atom is -0.480 e. The number of aliphatic carboxylic acids is 1. The van der Waals surface area contributed by atoms with Gasteiger partial charge in [0.1, 0.15) is 6.04 Å². The van der Waals surface area contributed by atoms with E-state index < -0.39 is 48.0 Å². The summed E-state index contributed by atoms with van der Waals surface area (Å²) in [4.78, 5) is 37.4. The number of β-lactam (4-membered cyclic amide) rings is 1. The number of amides is 3. The zero-order chi connectivity index (χ0) is 23.5. The Morgan fingerprint density at radius 3 is 2.34 bits per heavy atom. The topological polar surface area (TPSA) is 86.7 Å². The van der Waals surface area contributed by atoms with Gasteiger partial charge in [-0.05, 0) is 37.2 Å². The summed E-state index contributed by atoms with van der Waals surface area (Å²) in [6.45, 7) is 3.82. The van der Waals surface area contributed by atoms with E-state index in [1.165, 1.54) is 0 Å². The van der Waals surface area contributed by atoms with Crippen molar-refractivity contribution in [1.29, 1.82) is 0 Å². The highest BCUT2D eigenvalue weighted by molar-refractivity contribution is 6.08. The number of urea groups is 1. The Kier molecular flexibility index (Phi) is 7.26. The van der Waals surface area contributed by atoms with Gasteiger partial charge in [0.15, 0.2) is 6.04 Å². The van der Waals surface area contributed by atoms with Gasteiger partial charge in [0.25, 0.3) is 0 Å². The third kappa shape index (κ3) is 5.14. The second-order valence-corrected chi connectivity index (χ2v) is 8.48. The first-order chi connectivity index (χ1) is 15.1. The van der Waals surface area contributed by atoms with Gasteiger partial charge < -0.3 is 10.4 Å². The lowest BCUT2D eigenvalue weighted by Crippen LogP contribution is -2.70. The number of alkyl halides is 3. The van der Waals surface area contributed by atoms with E-state index in [0.717, 1.165) is 12.0 Å². The number of nitrogens with zero attached hydrogens (tertiary/aromatic N) is 1. The van der Waals surface area contributed by atoms with Crippen LogP contribution in [0.1, 0.15) is 44.1 Å². The normalized spacial score (nSPS) is 22.7. The van der Waals surface area contributed by atoms with Crippen LogP contribution in [0.4, 0.5) is 18.0 Å². The van der Waals surface area contributed by atoms with Crippen molar-refractivity contribution in [3.8, 4) is 0 Å². The fourth-order valence-corrected chi connectivity index (χ4v) is 4.61. The molecule has 3 amide bonds. The summed E-state index contributed by atoms with van der Waals surface area (Å²) < 4.78 is 40.9. The second-order valence-electron chi connectivity index (χ2n) is 8.48. The van der Waals surface area contributed by atoms with Crippen LogP contribution in [-0.4, -0.2) is 46.2 Å². The molecule has 9 heteroatoms. The number of likely N-dealkylation sites (tertiary alicyclic amines) is 1. The number of nitrogens with one attached hydrogen (secondary N) is 1. The number of carbonyl (C=O) groups excluding carboxylic acids is 2. The Bertz CT molecular complexity index is 866. The average molecular weight is 452 g/mol. The summed E-state index contributed by atoms with van der Waals surface area (Å²) in [5, 5.41) is 11.5. The number of imide groups is 1. The van der Waals surface area contributed by atoms with Crippen LogP contribution >= 0.6 is 0 Å². The smallest absolute Gasteiger partial charge is 0.408 e. The van der Waals surface area contributed by atoms with Gasteiger partial charge in [0.05, 0.1) is 5.92 Å². The van der Waals surface area contributed by atoms with E-state index in [1.807, 2.05) is 35.6 Å². The molecule has 1 aromatic rings. The van der Waals surface area contributed by atoms with Crippen LogP contribution in [-0.2, 0) is 16.0 Å². The molecule has 32 heavy (non-hydrogen) atoms. The average Bonchev–Trinajstić information content (AvgIpc) is 2.74. The van der Waals surface area contributed by atoms with Gasteiger partial charge in [-0.2, -0.15) is 13.2 Å². The minimum atomic E-state index is -4.69. The lowest BCUT2D eigenvalue weighted by Gasteiger charge is -2.44. The van der Waals surface area contributed by atoms with E-state index in [2.05, 4.69) is 6.58 Å². The Hall–Kier alpha value is -2.84. The molecule has 1 aliphatic heterocycles. The minimum absolute atomic E-state index is 0.319. The maximum atomic E-state index is 13.6. The van der Waals surface area contributed by atoms with Crippen LogP contribution in [0.3, 0.4) is 0 Å². The maximum absolute atomic E-state index is 13.6. The van der Waals surface area contributed by atoms with E-state index in [4.69, 9.17) is 0 Å². The summed E-state index contributed by atoms with van der Waals surface area (Å²) in [6, 6.07) is 4.32. The van der Waals surface area contributed by atoms with Crippen molar-refractivity contribution in [2.75, 3.05) is 0 Å². The van der Waals surface area contributed by atoms with Crippen molar-refractivity contribution in [2.24, 2.45) is 11.8 Å². The summed E-state index contributed by atoms with van der Waals surface area (Å²) in [7, 11) is 0. The number of carboxylic acids is 1. The molecular weight excluding hydrogens is 425 g/mol. The maximum Gasteiger partial charge on any atom is 0.408 e. The molecular formula is C23H27F3N2O4. The Labute approximate surface area is 184 Å². The van der Waals surface area contributed by atoms with E-state index in [-0.39, 0.29) is 0 Å². The molecule has 0 aromatic heterocycles. The largest absolute Gasteiger partial charge is 0.480 e. The van der Waals surface area contributed by atoms with Gasteiger partial charge in [-0.25, -0.2) is 14.5 Å². The third-order valence-corrected chi connectivity index (χ3v) is 6.34. The van der Waals surface area contributed by atoms with Crippen LogP contribution < -0.4 is 5.32 Å². The highest BCUT2D eigenvalue weighted by Crippen LogP contribution is 2.37. The number of hydrogen-bond acceptors (Lipinski definition) is 3. The van der Waals surface area contributed by atoms with Crippen molar-refractivity contribution in [3.63, 3.8) is 0 Å². The first-order valence-corrected chi connectivity index (χ1v) is 10.8. The Morgan fingerprint density at radius 1 is 1.16 bits per heavy atom. The van der Waals surface area contributed by atoms with E-state index >= 15 is 0 Å². The van der Waals surface area contributed by atoms with Crippen LogP contribution in [0.25, 0.3) is 0 Å². The van der Waals surface area contributed by atoms with Gasteiger partial charge in [0.2, 0.25) is 5.91 Å². The molecule has 1 saturated heterocycles. The van der Waals surface area contributed by atoms with Gasteiger partial charge in [-0.3, -0.25) is 4.79 Å². The second kappa shape index (κ2) is 9.75. The molecule has 174 valence electrons. The van der Waals surface area contributed by atoms with Gasteiger partial charge >= 0.3 is 18.2 Å². The number of carboxylic acid groups (broad SMARTS) is 1. The summed E-state index contributed by atoms with van der Waals surface area (Å²) in [6.07, 6.45) is -1.09. The van der Waals surface area contributed by atoms with E-state index in [9.17, 15) is 32.7 Å². The molecule has 3 rings (SSSR count). The molecule has 0 spiro atoms. The van der Waals surface area contributed by atoms with Crippen molar-refractivity contribution < 1.29 is 32.7 Å². The van der Waals surface area contributed by atoms with Crippen molar-refractivity contribution in [2.45, 2.75) is 63.2 Å². The predicted octanol–water partition coefficient (Wildman–Crippen LogP) is 4.31. The van der Waals surface area contributed by atoms with Crippen molar-refractivity contribution >= 4 is 17.9 Å². The lowest BCUT2D eigenvalue weighted by atomic mass is 9.79.